The van der Waals surface area contributed by atoms with E-state index in [-0.39, 0.29) is 5.92 Å². The molecular formula is C20H28N4O2. The summed E-state index contributed by atoms with van der Waals surface area (Å²) in [5.41, 5.74) is 2.15. The van der Waals surface area contributed by atoms with Crippen LogP contribution in [-0.2, 0) is 11.3 Å². The third kappa shape index (κ3) is 4.30. The number of aryl methyl sites for hydroxylation is 1. The first kappa shape index (κ1) is 18.6. The molecular weight excluding hydrogens is 328 g/mol. The molecule has 6 heteroatoms. The van der Waals surface area contributed by atoms with Gasteiger partial charge in [-0.2, -0.15) is 4.98 Å². The summed E-state index contributed by atoms with van der Waals surface area (Å²) in [5.74, 6) is 1.72. The van der Waals surface area contributed by atoms with Gasteiger partial charge < -0.3 is 9.42 Å². The largest absolute Gasteiger partial charge is 0.343 e. The number of aromatic nitrogens is 2. The van der Waals surface area contributed by atoms with E-state index in [1.807, 2.05) is 43.9 Å². The Kier molecular flexibility index (Phi) is 6.04. The van der Waals surface area contributed by atoms with Gasteiger partial charge >= 0.3 is 0 Å². The lowest BCUT2D eigenvalue weighted by Crippen LogP contribution is -2.42. The van der Waals surface area contributed by atoms with Crippen molar-refractivity contribution in [3.8, 4) is 11.4 Å². The summed E-state index contributed by atoms with van der Waals surface area (Å²) in [5, 5.41) is 4.11. The summed E-state index contributed by atoms with van der Waals surface area (Å²) < 4.78 is 5.43. The summed E-state index contributed by atoms with van der Waals surface area (Å²) in [7, 11) is 0. The molecule has 1 aromatic heterocycles. The highest BCUT2D eigenvalue weighted by Crippen LogP contribution is 2.22. The van der Waals surface area contributed by atoms with Gasteiger partial charge in [0.05, 0.1) is 6.54 Å². The van der Waals surface area contributed by atoms with Gasteiger partial charge in [0.2, 0.25) is 17.6 Å². The minimum Gasteiger partial charge on any atom is -0.343 e. The highest BCUT2D eigenvalue weighted by atomic mass is 16.5. The number of nitrogens with zero attached hydrogens (tertiary/aromatic N) is 4. The number of hydrogen-bond acceptors (Lipinski definition) is 5. The topological polar surface area (TPSA) is 62.5 Å². The monoisotopic (exact) mass is 356 g/mol. The molecule has 1 amide bonds. The van der Waals surface area contributed by atoms with Gasteiger partial charge in [-0.3, -0.25) is 9.69 Å². The van der Waals surface area contributed by atoms with Gasteiger partial charge in [0.15, 0.2) is 0 Å². The molecule has 0 saturated carbocycles. The maximum absolute atomic E-state index is 12.5. The fourth-order valence-electron chi connectivity index (χ4n) is 3.54. The molecule has 1 fully saturated rings. The quantitative estimate of drug-likeness (QED) is 0.796. The summed E-state index contributed by atoms with van der Waals surface area (Å²) in [6.45, 7) is 10.1. The van der Waals surface area contributed by atoms with E-state index in [1.165, 1.54) is 5.56 Å². The van der Waals surface area contributed by atoms with Crippen molar-refractivity contribution in [3.63, 3.8) is 0 Å². The molecule has 140 valence electrons. The first-order chi connectivity index (χ1) is 12.6. The van der Waals surface area contributed by atoms with Crippen LogP contribution in [0.15, 0.2) is 28.8 Å². The van der Waals surface area contributed by atoms with Crippen molar-refractivity contribution < 1.29 is 9.32 Å². The molecule has 0 atom stereocenters. The molecule has 6 nitrogen and oxygen atoms in total. The van der Waals surface area contributed by atoms with Crippen LogP contribution in [-0.4, -0.2) is 52.0 Å². The van der Waals surface area contributed by atoms with E-state index >= 15 is 0 Å². The van der Waals surface area contributed by atoms with E-state index in [1.54, 1.807) is 0 Å². The van der Waals surface area contributed by atoms with Crippen LogP contribution in [0, 0.1) is 12.8 Å². The van der Waals surface area contributed by atoms with E-state index in [0.29, 0.717) is 24.2 Å². The summed E-state index contributed by atoms with van der Waals surface area (Å²) in [4.78, 5) is 21.2. The van der Waals surface area contributed by atoms with Crippen LogP contribution >= 0.6 is 0 Å². The zero-order valence-corrected chi connectivity index (χ0v) is 15.9. The Morgan fingerprint density at radius 1 is 1.27 bits per heavy atom. The van der Waals surface area contributed by atoms with Crippen LogP contribution in [0.5, 0.6) is 0 Å². The van der Waals surface area contributed by atoms with Crippen molar-refractivity contribution in [2.24, 2.45) is 5.92 Å². The van der Waals surface area contributed by atoms with Crippen LogP contribution in [0.2, 0.25) is 0 Å². The highest BCUT2D eigenvalue weighted by molar-refractivity contribution is 5.78. The first-order valence-corrected chi connectivity index (χ1v) is 9.51. The summed E-state index contributed by atoms with van der Waals surface area (Å²) in [6, 6.07) is 8.09. The zero-order valence-electron chi connectivity index (χ0n) is 15.9. The molecule has 0 unspecified atom stereocenters. The lowest BCUT2D eigenvalue weighted by molar-refractivity contribution is -0.136. The molecule has 1 aliphatic rings. The number of likely N-dealkylation sites (tertiary alicyclic amines) is 1. The first-order valence-electron chi connectivity index (χ1n) is 9.51. The molecule has 26 heavy (non-hydrogen) atoms. The Balaban J connectivity index is 1.55. The van der Waals surface area contributed by atoms with Crippen molar-refractivity contribution in [2.45, 2.75) is 40.2 Å². The Morgan fingerprint density at radius 3 is 2.65 bits per heavy atom. The molecule has 1 aromatic carbocycles. The normalized spacial score (nSPS) is 16.0. The van der Waals surface area contributed by atoms with E-state index in [2.05, 4.69) is 21.1 Å². The van der Waals surface area contributed by atoms with Crippen molar-refractivity contribution in [1.82, 2.24) is 19.9 Å². The average molecular weight is 356 g/mol. The predicted octanol–water partition coefficient (Wildman–Crippen LogP) is 3.13. The number of hydrogen-bond donors (Lipinski definition) is 0. The van der Waals surface area contributed by atoms with E-state index in [0.717, 1.165) is 44.6 Å². The molecule has 0 bridgehead atoms. The minimum absolute atomic E-state index is 0.150. The van der Waals surface area contributed by atoms with Crippen molar-refractivity contribution in [2.75, 3.05) is 26.2 Å². The Hall–Kier alpha value is -2.21. The van der Waals surface area contributed by atoms with E-state index in [9.17, 15) is 4.79 Å². The summed E-state index contributed by atoms with van der Waals surface area (Å²) in [6.07, 6.45) is 1.79. The average Bonchev–Trinajstić information content (AvgIpc) is 3.12. The molecule has 0 spiro atoms. The second-order valence-corrected chi connectivity index (χ2v) is 6.94. The molecule has 0 aliphatic carbocycles. The molecule has 3 rings (SSSR count). The van der Waals surface area contributed by atoms with Crippen LogP contribution in [0.3, 0.4) is 0 Å². The maximum Gasteiger partial charge on any atom is 0.241 e. The third-order valence-electron chi connectivity index (χ3n) is 5.12. The standard InChI is InChI=1S/C20H28N4O2/c1-4-24(5-2)20(25)16-9-11-23(12-10-16)14-18-21-19(22-26-18)17-8-6-7-15(3)13-17/h6-8,13,16H,4-5,9-12,14H2,1-3H3. The number of rotatable bonds is 6. The van der Waals surface area contributed by atoms with Gasteiger partial charge in [0, 0.05) is 24.6 Å². The molecule has 2 heterocycles. The fraction of sp³-hybridized carbons (Fsp3) is 0.550. The van der Waals surface area contributed by atoms with Gasteiger partial charge in [-0.15, -0.1) is 0 Å². The van der Waals surface area contributed by atoms with Gasteiger partial charge in [0.1, 0.15) is 0 Å². The lowest BCUT2D eigenvalue weighted by Gasteiger charge is -2.32. The Morgan fingerprint density at radius 2 is 2.00 bits per heavy atom. The Labute approximate surface area is 155 Å². The van der Waals surface area contributed by atoms with Crippen LogP contribution < -0.4 is 0 Å². The van der Waals surface area contributed by atoms with Crippen LogP contribution in [0.4, 0.5) is 0 Å². The zero-order chi connectivity index (χ0) is 18.5. The molecule has 1 saturated heterocycles. The molecule has 2 aromatic rings. The number of amides is 1. The highest BCUT2D eigenvalue weighted by Gasteiger charge is 2.28. The van der Waals surface area contributed by atoms with E-state index < -0.39 is 0 Å². The van der Waals surface area contributed by atoms with Gasteiger partial charge in [-0.25, -0.2) is 0 Å². The van der Waals surface area contributed by atoms with Crippen LogP contribution in [0.25, 0.3) is 11.4 Å². The van der Waals surface area contributed by atoms with Gasteiger partial charge in [-0.1, -0.05) is 28.9 Å². The minimum atomic E-state index is 0.150. The van der Waals surface area contributed by atoms with Crippen molar-refractivity contribution in [3.05, 3.63) is 35.7 Å². The predicted molar refractivity (Wildman–Crippen MR) is 100 cm³/mol. The number of piperidine rings is 1. The Bertz CT molecular complexity index is 731. The molecule has 1 aliphatic heterocycles. The number of benzene rings is 1. The number of carbonyl (C=O) groups excluding carboxylic acids is 1. The van der Waals surface area contributed by atoms with E-state index in [4.69, 9.17) is 4.52 Å². The second kappa shape index (κ2) is 8.45. The van der Waals surface area contributed by atoms with Crippen LogP contribution in [0.1, 0.15) is 38.1 Å². The SMILES string of the molecule is CCN(CC)C(=O)C1CCN(Cc2nc(-c3cccc(C)c3)no2)CC1. The molecule has 0 N–H and O–H groups in total. The summed E-state index contributed by atoms with van der Waals surface area (Å²) >= 11 is 0. The van der Waals surface area contributed by atoms with Gasteiger partial charge in [0.25, 0.3) is 0 Å². The second-order valence-electron chi connectivity index (χ2n) is 6.94. The van der Waals surface area contributed by atoms with Crippen molar-refractivity contribution >= 4 is 5.91 Å². The molecule has 0 radical (unpaired) electrons. The van der Waals surface area contributed by atoms with Crippen molar-refractivity contribution in [1.29, 1.82) is 0 Å². The lowest BCUT2D eigenvalue weighted by atomic mass is 9.95. The number of carbonyl (C=O) groups is 1. The smallest absolute Gasteiger partial charge is 0.241 e. The third-order valence-corrected chi connectivity index (χ3v) is 5.12. The maximum atomic E-state index is 12.5. The fourth-order valence-corrected chi connectivity index (χ4v) is 3.54. The van der Waals surface area contributed by atoms with Gasteiger partial charge in [-0.05, 0) is 52.8 Å².